The van der Waals surface area contributed by atoms with E-state index in [4.69, 9.17) is 0 Å². The minimum Gasteiger partial charge on any atom is -0.744 e. The van der Waals surface area contributed by atoms with Crippen LogP contribution in [0.1, 0.15) is 89.5 Å². The lowest BCUT2D eigenvalue weighted by molar-refractivity contribution is -0.873. The van der Waals surface area contributed by atoms with E-state index in [2.05, 4.69) is 33.4 Å². The van der Waals surface area contributed by atoms with Crippen LogP contribution < -0.4 is 5.32 Å². The van der Waals surface area contributed by atoms with Crippen molar-refractivity contribution in [3.8, 4) is 0 Å². The van der Waals surface area contributed by atoms with Crippen LogP contribution in [0.5, 0.6) is 0 Å². The van der Waals surface area contributed by atoms with Crippen molar-refractivity contribution < 1.29 is 22.6 Å². The fraction of sp³-hybridized carbons (Fsp3) is 0.778. The van der Waals surface area contributed by atoms with Gasteiger partial charge in [-0.15, -0.1) is 0 Å². The van der Waals surface area contributed by atoms with Crippen molar-refractivity contribution in [3.05, 3.63) is 29.8 Å². The minimum absolute atomic E-state index is 0.178. The third-order valence-electron chi connectivity index (χ3n) is 5.66. The van der Waals surface area contributed by atoms with E-state index in [9.17, 15) is 18.1 Å². The average Bonchev–Trinajstić information content (AvgIpc) is 2.73. The van der Waals surface area contributed by atoms with E-state index < -0.39 is 10.1 Å². The third kappa shape index (κ3) is 21.5. The summed E-state index contributed by atoms with van der Waals surface area (Å²) in [5, 5.41) is 13.3. The number of nitrogens with zero attached hydrogens (tertiary/aromatic N) is 1. The summed E-state index contributed by atoms with van der Waals surface area (Å²) in [5.74, 6) is 0. The van der Waals surface area contributed by atoms with E-state index in [-0.39, 0.29) is 11.0 Å². The van der Waals surface area contributed by atoms with E-state index in [1.807, 2.05) is 6.92 Å². The molecule has 34 heavy (non-hydrogen) atoms. The van der Waals surface area contributed by atoms with Crippen LogP contribution in [0.25, 0.3) is 0 Å². The van der Waals surface area contributed by atoms with Gasteiger partial charge >= 0.3 is 0 Å². The van der Waals surface area contributed by atoms with Crippen LogP contribution in [0.15, 0.2) is 29.2 Å². The van der Waals surface area contributed by atoms with Crippen LogP contribution in [0.3, 0.4) is 0 Å². The molecule has 0 bridgehead atoms. The zero-order valence-corrected chi connectivity index (χ0v) is 23.3. The summed E-state index contributed by atoms with van der Waals surface area (Å²) < 4.78 is 32.0. The van der Waals surface area contributed by atoms with E-state index in [0.29, 0.717) is 0 Å². The van der Waals surface area contributed by atoms with Gasteiger partial charge in [0.2, 0.25) is 0 Å². The van der Waals surface area contributed by atoms with Crippen molar-refractivity contribution in [2.45, 2.75) is 102 Å². The molecule has 0 saturated carbocycles. The molecule has 1 rings (SSSR count). The van der Waals surface area contributed by atoms with E-state index in [0.717, 1.165) is 29.7 Å². The average molecular weight is 501 g/mol. The lowest BCUT2D eigenvalue weighted by Gasteiger charge is -2.26. The Labute approximate surface area is 210 Å². The number of hydrogen-bond acceptors (Lipinski definition) is 5. The summed E-state index contributed by atoms with van der Waals surface area (Å²) in [6.45, 7) is 6.69. The standard InChI is InChI=1S/C20H45N2O.C7H8O3S/c1-5-6-7-8-9-10-11-12-13-14-15-16-17-21-18-20(23)19-22(2,3)4;1-6-2-4-7(5-3-6)11(8,9)10/h20-21,23H,5-19H2,1-4H3;2-5H,1H3,(H,8,9,10)/q+1;/p-1. The van der Waals surface area contributed by atoms with Crippen LogP contribution in [-0.2, 0) is 10.1 Å². The number of hydrogen-bond donors (Lipinski definition) is 2. The number of rotatable bonds is 18. The van der Waals surface area contributed by atoms with Crippen molar-refractivity contribution in [2.75, 3.05) is 40.8 Å². The van der Waals surface area contributed by atoms with Gasteiger partial charge in [0.15, 0.2) is 0 Å². The molecular formula is C27H52N2O4S. The summed E-state index contributed by atoms with van der Waals surface area (Å²) in [6, 6.07) is 5.78. The Balaban J connectivity index is 0.000000818. The van der Waals surface area contributed by atoms with Crippen LogP contribution in [0.4, 0.5) is 0 Å². The Hall–Kier alpha value is -0.990. The summed E-state index contributed by atoms with van der Waals surface area (Å²) in [6.07, 6.45) is 16.5. The van der Waals surface area contributed by atoms with Gasteiger partial charge < -0.3 is 19.5 Å². The molecule has 0 radical (unpaired) electrons. The second-order valence-corrected chi connectivity index (χ2v) is 11.9. The predicted molar refractivity (Wildman–Crippen MR) is 142 cm³/mol. The third-order valence-corrected chi connectivity index (χ3v) is 6.50. The van der Waals surface area contributed by atoms with Gasteiger partial charge in [-0.1, -0.05) is 95.2 Å². The lowest BCUT2D eigenvalue weighted by Crippen LogP contribution is -2.45. The summed E-state index contributed by atoms with van der Waals surface area (Å²) in [4.78, 5) is -0.178. The number of aliphatic hydroxyl groups excluding tert-OH is 1. The van der Waals surface area contributed by atoms with Gasteiger partial charge in [-0.25, -0.2) is 8.42 Å². The molecule has 1 aromatic rings. The van der Waals surface area contributed by atoms with E-state index in [1.165, 1.54) is 89.2 Å². The molecule has 200 valence electrons. The van der Waals surface area contributed by atoms with Crippen LogP contribution in [0, 0.1) is 6.92 Å². The van der Waals surface area contributed by atoms with Gasteiger partial charge in [0.1, 0.15) is 22.8 Å². The molecule has 2 N–H and O–H groups in total. The van der Waals surface area contributed by atoms with Crippen LogP contribution in [0.2, 0.25) is 0 Å². The van der Waals surface area contributed by atoms with Gasteiger partial charge in [0, 0.05) is 6.54 Å². The fourth-order valence-electron chi connectivity index (χ4n) is 3.76. The largest absolute Gasteiger partial charge is 0.744 e. The van der Waals surface area contributed by atoms with Crippen molar-refractivity contribution in [1.29, 1.82) is 0 Å². The molecule has 1 unspecified atom stereocenters. The monoisotopic (exact) mass is 500 g/mol. The van der Waals surface area contributed by atoms with E-state index in [1.54, 1.807) is 12.1 Å². The van der Waals surface area contributed by atoms with Gasteiger partial charge in [0.05, 0.1) is 26.0 Å². The first-order valence-electron chi connectivity index (χ1n) is 13.2. The SMILES string of the molecule is CCCCCCCCCCCCCCNCC(O)C[N+](C)(C)C.Cc1ccc(S(=O)(=O)[O-])cc1. The highest BCUT2D eigenvalue weighted by molar-refractivity contribution is 7.85. The number of benzene rings is 1. The number of aryl methyl sites for hydroxylation is 1. The Morgan fingerprint density at radius 1 is 0.853 bits per heavy atom. The lowest BCUT2D eigenvalue weighted by atomic mass is 10.1. The molecule has 0 spiro atoms. The van der Waals surface area contributed by atoms with E-state index >= 15 is 0 Å². The zero-order chi connectivity index (χ0) is 25.9. The van der Waals surface area contributed by atoms with Crippen molar-refractivity contribution >= 4 is 10.1 Å². The van der Waals surface area contributed by atoms with Crippen molar-refractivity contribution in [1.82, 2.24) is 5.32 Å². The topological polar surface area (TPSA) is 89.5 Å². The molecule has 0 amide bonds. The summed E-state index contributed by atoms with van der Waals surface area (Å²) in [5.41, 5.74) is 0.928. The normalized spacial score (nSPS) is 12.8. The Bertz CT molecular complexity index is 700. The second-order valence-electron chi connectivity index (χ2n) is 10.5. The Morgan fingerprint density at radius 2 is 1.29 bits per heavy atom. The number of aliphatic hydroxyl groups is 1. The highest BCUT2D eigenvalue weighted by Crippen LogP contribution is 2.12. The van der Waals surface area contributed by atoms with Crippen LogP contribution >= 0.6 is 0 Å². The summed E-state index contributed by atoms with van der Waals surface area (Å²) in [7, 11) is 2.09. The summed E-state index contributed by atoms with van der Waals surface area (Å²) >= 11 is 0. The first kappa shape index (κ1) is 33.0. The highest BCUT2D eigenvalue weighted by Gasteiger charge is 2.14. The van der Waals surface area contributed by atoms with Gasteiger partial charge in [-0.2, -0.15) is 0 Å². The number of quaternary nitrogens is 1. The molecule has 7 heteroatoms. The number of likely N-dealkylation sites (N-methyl/N-ethyl adjacent to an activating group) is 1. The Kier molecular flexibility index (Phi) is 18.7. The number of unbranched alkanes of at least 4 members (excludes halogenated alkanes) is 11. The molecule has 0 fully saturated rings. The van der Waals surface area contributed by atoms with Gasteiger partial charge in [-0.3, -0.25) is 0 Å². The number of nitrogens with one attached hydrogen (secondary N) is 1. The molecule has 0 aliphatic heterocycles. The molecule has 0 aliphatic rings. The fourth-order valence-corrected chi connectivity index (χ4v) is 4.23. The Morgan fingerprint density at radius 3 is 1.71 bits per heavy atom. The molecule has 0 aromatic heterocycles. The maximum Gasteiger partial charge on any atom is 0.124 e. The van der Waals surface area contributed by atoms with Crippen LogP contribution in [-0.4, -0.2) is 69.4 Å². The highest BCUT2D eigenvalue weighted by atomic mass is 32.2. The molecule has 0 heterocycles. The molecule has 6 nitrogen and oxygen atoms in total. The maximum absolute atomic E-state index is 10.4. The van der Waals surface area contributed by atoms with Crippen molar-refractivity contribution in [2.24, 2.45) is 0 Å². The van der Waals surface area contributed by atoms with Gasteiger partial charge in [-0.05, 0) is 32.0 Å². The quantitative estimate of drug-likeness (QED) is 0.163. The maximum atomic E-state index is 10.4. The first-order chi connectivity index (χ1) is 16.0. The minimum atomic E-state index is -4.27. The molecule has 1 atom stereocenters. The predicted octanol–water partition coefficient (Wildman–Crippen LogP) is 5.24. The molecular weight excluding hydrogens is 448 g/mol. The molecule has 0 aliphatic carbocycles. The van der Waals surface area contributed by atoms with Gasteiger partial charge in [0.25, 0.3) is 0 Å². The first-order valence-corrected chi connectivity index (χ1v) is 14.6. The van der Waals surface area contributed by atoms with Crippen molar-refractivity contribution in [3.63, 3.8) is 0 Å². The molecule has 1 aromatic carbocycles. The molecule has 0 saturated heterocycles. The smallest absolute Gasteiger partial charge is 0.124 e. The second kappa shape index (κ2) is 19.2. The zero-order valence-electron chi connectivity index (χ0n) is 22.5.